The van der Waals surface area contributed by atoms with Crippen molar-refractivity contribution in [2.45, 2.75) is 4.90 Å². The van der Waals surface area contributed by atoms with Crippen molar-refractivity contribution in [2.24, 2.45) is 0 Å². The fraction of sp³-hybridized carbons (Fsp3) is 0. The van der Waals surface area contributed by atoms with E-state index >= 15 is 0 Å². The van der Waals surface area contributed by atoms with Gasteiger partial charge in [0.05, 0.1) is 5.69 Å². The number of carboxylic acid groups (broad SMARTS) is 1. The Morgan fingerprint density at radius 2 is 1.95 bits per heavy atom. The highest BCUT2D eigenvalue weighted by atomic mass is 79.9. The monoisotopic (exact) mass is 441 g/mol. The van der Waals surface area contributed by atoms with Gasteiger partial charge in [0.2, 0.25) is 5.76 Å². The Kier molecular flexibility index (Phi) is 4.40. The maximum absolute atomic E-state index is 13.2. The summed E-state index contributed by atoms with van der Waals surface area (Å²) in [6.07, 6.45) is 0. The normalized spacial score (nSPS) is 11.4. The summed E-state index contributed by atoms with van der Waals surface area (Å²) in [7, 11) is -4.15. The van der Waals surface area contributed by atoms with E-state index in [1.165, 1.54) is 6.07 Å². The molecule has 1 aromatic heterocycles. The summed E-state index contributed by atoms with van der Waals surface area (Å²) < 4.78 is 44.5. The van der Waals surface area contributed by atoms with E-state index in [1.54, 1.807) is 0 Å². The van der Waals surface area contributed by atoms with Crippen LogP contribution in [0.2, 0.25) is 0 Å². The molecule has 2 N–H and O–H groups in total. The molecular formula is C11H6Br2FNO5S. The Labute approximate surface area is 135 Å². The number of carbonyl (C=O) groups is 1. The van der Waals surface area contributed by atoms with Crippen LogP contribution in [-0.4, -0.2) is 19.5 Å². The van der Waals surface area contributed by atoms with Crippen molar-refractivity contribution in [3.8, 4) is 0 Å². The first-order valence-electron chi connectivity index (χ1n) is 5.21. The number of rotatable bonds is 4. The number of hydrogen-bond acceptors (Lipinski definition) is 4. The van der Waals surface area contributed by atoms with E-state index in [4.69, 9.17) is 9.52 Å². The lowest BCUT2D eigenvalue weighted by Gasteiger charge is -2.08. The highest BCUT2D eigenvalue weighted by molar-refractivity contribution is 9.10. The van der Waals surface area contributed by atoms with Gasteiger partial charge in [0.15, 0.2) is 4.67 Å². The first-order valence-corrected chi connectivity index (χ1v) is 8.28. The molecule has 0 atom stereocenters. The summed E-state index contributed by atoms with van der Waals surface area (Å²) in [4.78, 5) is 10.4. The van der Waals surface area contributed by atoms with Crippen molar-refractivity contribution in [1.82, 2.24) is 0 Å². The van der Waals surface area contributed by atoms with Crippen LogP contribution in [0, 0.1) is 5.82 Å². The summed E-state index contributed by atoms with van der Waals surface area (Å²) in [6.45, 7) is 0. The van der Waals surface area contributed by atoms with Crippen LogP contribution in [0.1, 0.15) is 10.6 Å². The van der Waals surface area contributed by atoms with Gasteiger partial charge >= 0.3 is 5.97 Å². The molecule has 21 heavy (non-hydrogen) atoms. The largest absolute Gasteiger partial charge is 0.475 e. The first kappa shape index (κ1) is 16.0. The lowest BCUT2D eigenvalue weighted by atomic mass is 10.3. The third kappa shape index (κ3) is 3.44. The molecule has 6 nitrogen and oxygen atoms in total. The minimum absolute atomic E-state index is 0.0278. The fourth-order valence-electron chi connectivity index (χ4n) is 1.42. The van der Waals surface area contributed by atoms with Gasteiger partial charge in [-0.15, -0.1) is 0 Å². The Hall–Kier alpha value is -1.39. The number of carboxylic acids is 1. The Bertz CT molecular complexity index is 818. The summed E-state index contributed by atoms with van der Waals surface area (Å²) in [6, 6.07) is 4.31. The van der Waals surface area contributed by atoms with E-state index in [2.05, 4.69) is 36.6 Å². The van der Waals surface area contributed by atoms with Crippen molar-refractivity contribution < 1.29 is 27.1 Å². The number of furan rings is 1. The van der Waals surface area contributed by atoms with E-state index in [-0.39, 0.29) is 10.4 Å². The lowest BCUT2D eigenvalue weighted by Crippen LogP contribution is -2.13. The van der Waals surface area contributed by atoms with Crippen molar-refractivity contribution in [1.29, 1.82) is 0 Å². The molecule has 1 heterocycles. The van der Waals surface area contributed by atoms with Gasteiger partial charge in [-0.05, 0) is 50.1 Å². The molecule has 0 aliphatic heterocycles. The average Bonchev–Trinajstić information content (AvgIpc) is 2.77. The van der Waals surface area contributed by atoms with Crippen LogP contribution in [-0.2, 0) is 10.0 Å². The summed E-state index contributed by atoms with van der Waals surface area (Å²) in [5, 5.41) is 8.77. The second kappa shape index (κ2) is 5.78. The van der Waals surface area contributed by atoms with Crippen molar-refractivity contribution in [2.75, 3.05) is 4.72 Å². The summed E-state index contributed by atoms with van der Waals surface area (Å²) >= 11 is 5.91. The molecule has 0 aliphatic rings. The van der Waals surface area contributed by atoms with Crippen LogP contribution in [0.4, 0.5) is 10.1 Å². The molecular weight excluding hydrogens is 437 g/mol. The van der Waals surface area contributed by atoms with Crippen LogP contribution < -0.4 is 4.72 Å². The molecule has 2 aromatic rings. The number of anilines is 1. The van der Waals surface area contributed by atoms with Gasteiger partial charge in [-0.3, -0.25) is 4.72 Å². The van der Waals surface area contributed by atoms with Crippen LogP contribution in [0.5, 0.6) is 0 Å². The molecule has 0 saturated carbocycles. The van der Waals surface area contributed by atoms with E-state index in [1.807, 2.05) is 0 Å². The Balaban J connectivity index is 2.43. The maximum Gasteiger partial charge on any atom is 0.371 e. The third-order valence-electron chi connectivity index (χ3n) is 2.33. The molecule has 0 spiro atoms. The van der Waals surface area contributed by atoms with Gasteiger partial charge in [-0.1, -0.05) is 0 Å². The number of hydrogen-bond donors (Lipinski definition) is 2. The molecule has 0 unspecified atom stereocenters. The zero-order valence-corrected chi connectivity index (χ0v) is 13.9. The van der Waals surface area contributed by atoms with Gasteiger partial charge in [-0.25, -0.2) is 17.6 Å². The number of halogens is 3. The predicted molar refractivity (Wildman–Crippen MR) is 78.3 cm³/mol. The summed E-state index contributed by atoms with van der Waals surface area (Å²) in [5.74, 6) is -2.59. The van der Waals surface area contributed by atoms with E-state index in [0.717, 1.165) is 18.2 Å². The number of benzene rings is 1. The molecule has 0 amide bonds. The predicted octanol–water partition coefficient (Wildman–Crippen LogP) is 3.44. The smallest absolute Gasteiger partial charge is 0.371 e. The molecule has 10 heteroatoms. The molecule has 2 rings (SSSR count). The molecule has 0 radical (unpaired) electrons. The van der Waals surface area contributed by atoms with Crippen LogP contribution in [0.25, 0.3) is 0 Å². The SMILES string of the molecule is O=C(O)c1cc(S(=O)(=O)Nc2cc(F)ccc2Br)c(Br)o1. The van der Waals surface area contributed by atoms with Crippen LogP contribution >= 0.6 is 31.9 Å². The van der Waals surface area contributed by atoms with Gasteiger partial charge in [0, 0.05) is 10.5 Å². The van der Waals surface area contributed by atoms with Crippen molar-refractivity contribution >= 4 is 53.5 Å². The second-order valence-electron chi connectivity index (χ2n) is 3.78. The highest BCUT2D eigenvalue weighted by Gasteiger charge is 2.25. The molecule has 0 bridgehead atoms. The Morgan fingerprint density at radius 1 is 1.29 bits per heavy atom. The molecule has 1 aromatic carbocycles. The second-order valence-corrected chi connectivity index (χ2v) is 7.01. The van der Waals surface area contributed by atoms with Gasteiger partial charge in [0.1, 0.15) is 10.7 Å². The fourth-order valence-corrected chi connectivity index (χ4v) is 3.90. The van der Waals surface area contributed by atoms with Crippen molar-refractivity contribution in [3.05, 3.63) is 45.0 Å². The zero-order valence-electron chi connectivity index (χ0n) is 9.93. The van der Waals surface area contributed by atoms with Crippen LogP contribution in [0.3, 0.4) is 0 Å². The van der Waals surface area contributed by atoms with E-state index in [9.17, 15) is 17.6 Å². The standard InChI is InChI=1S/C11H6Br2FNO5S/c12-6-2-1-5(14)3-7(6)15-21(18,19)9-4-8(11(16)17)20-10(9)13/h1-4,15H,(H,16,17). The number of aromatic carboxylic acids is 1. The highest BCUT2D eigenvalue weighted by Crippen LogP contribution is 2.30. The van der Waals surface area contributed by atoms with Crippen LogP contribution in [0.15, 0.2) is 42.7 Å². The first-order chi connectivity index (χ1) is 9.70. The molecule has 0 saturated heterocycles. The molecule has 0 fully saturated rings. The number of nitrogens with one attached hydrogen (secondary N) is 1. The van der Waals surface area contributed by atoms with Gasteiger partial charge < -0.3 is 9.52 Å². The maximum atomic E-state index is 13.2. The van der Waals surface area contributed by atoms with E-state index in [0.29, 0.717) is 4.47 Å². The van der Waals surface area contributed by atoms with Crippen molar-refractivity contribution in [3.63, 3.8) is 0 Å². The minimum atomic E-state index is -4.15. The topological polar surface area (TPSA) is 96.6 Å². The molecule has 0 aliphatic carbocycles. The lowest BCUT2D eigenvalue weighted by molar-refractivity contribution is 0.0661. The third-order valence-corrected chi connectivity index (χ3v) is 5.24. The minimum Gasteiger partial charge on any atom is -0.475 e. The molecule has 112 valence electrons. The summed E-state index contributed by atoms with van der Waals surface area (Å²) in [5.41, 5.74) is -0.0278. The zero-order chi connectivity index (χ0) is 15.8. The Morgan fingerprint density at radius 3 is 2.52 bits per heavy atom. The number of sulfonamides is 1. The quantitative estimate of drug-likeness (QED) is 0.755. The van der Waals surface area contributed by atoms with E-state index < -0.39 is 32.5 Å². The van der Waals surface area contributed by atoms with Gasteiger partial charge in [-0.2, -0.15) is 0 Å². The average molecular weight is 443 g/mol. The van der Waals surface area contributed by atoms with Gasteiger partial charge in [0.25, 0.3) is 10.0 Å².